The lowest BCUT2D eigenvalue weighted by Gasteiger charge is -2.32. The van der Waals surface area contributed by atoms with Crippen molar-refractivity contribution in [3.8, 4) is 0 Å². The number of nitrogens with two attached hydrogens (primary N) is 1. The molecule has 144 valence electrons. The minimum Gasteiger partial charge on any atom is -0.371 e. The van der Waals surface area contributed by atoms with Crippen LogP contribution in [0.15, 0.2) is 24.3 Å². The molecule has 1 aromatic rings. The monoisotopic (exact) mass is 372 g/mol. The highest BCUT2D eigenvalue weighted by atomic mass is 16.2. The molecule has 0 radical (unpaired) electrons. The van der Waals surface area contributed by atoms with Crippen molar-refractivity contribution in [1.29, 1.82) is 0 Å². The zero-order valence-corrected chi connectivity index (χ0v) is 15.1. The molecule has 2 saturated heterocycles. The third-order valence-corrected chi connectivity index (χ3v) is 5.13. The number of nitrogens with one attached hydrogen (secondary N) is 1. The minimum atomic E-state index is -0.238. The van der Waals surface area contributed by atoms with E-state index in [1.165, 1.54) is 0 Å². The third-order valence-electron chi connectivity index (χ3n) is 5.13. The molecule has 8 heteroatoms. The summed E-state index contributed by atoms with van der Waals surface area (Å²) in [5, 5.41) is 2.78. The van der Waals surface area contributed by atoms with E-state index in [1.54, 1.807) is 0 Å². The second-order valence-corrected chi connectivity index (χ2v) is 6.95. The number of piperidine rings is 1. The molecule has 2 aliphatic rings. The topological polar surface area (TPSA) is 113 Å². The average Bonchev–Trinajstić information content (AvgIpc) is 2.98. The second kappa shape index (κ2) is 8.20. The number of hydrogen-bond donors (Lipinski definition) is 2. The van der Waals surface area contributed by atoms with Crippen LogP contribution in [-0.2, 0) is 19.2 Å². The molecule has 0 atom stereocenters. The summed E-state index contributed by atoms with van der Waals surface area (Å²) >= 11 is 0. The largest absolute Gasteiger partial charge is 0.371 e. The second-order valence-electron chi connectivity index (χ2n) is 6.95. The zero-order valence-electron chi connectivity index (χ0n) is 15.1. The van der Waals surface area contributed by atoms with Gasteiger partial charge < -0.3 is 16.0 Å². The summed E-state index contributed by atoms with van der Waals surface area (Å²) in [4.78, 5) is 49.7. The lowest BCUT2D eigenvalue weighted by molar-refractivity contribution is -0.138. The molecule has 27 heavy (non-hydrogen) atoms. The van der Waals surface area contributed by atoms with Gasteiger partial charge in [0.2, 0.25) is 23.6 Å². The van der Waals surface area contributed by atoms with E-state index in [4.69, 9.17) is 5.73 Å². The number of carbonyl (C=O) groups is 4. The van der Waals surface area contributed by atoms with Gasteiger partial charge in [-0.25, -0.2) is 0 Å². The number of anilines is 2. The van der Waals surface area contributed by atoms with E-state index in [-0.39, 0.29) is 55.4 Å². The van der Waals surface area contributed by atoms with Crippen molar-refractivity contribution in [2.45, 2.75) is 32.1 Å². The predicted octanol–water partition coefficient (Wildman–Crippen LogP) is 0.866. The highest BCUT2D eigenvalue weighted by Crippen LogP contribution is 2.24. The number of carbonyl (C=O) groups excluding carboxylic acids is 4. The van der Waals surface area contributed by atoms with Crippen LogP contribution in [0, 0.1) is 5.92 Å². The molecular weight excluding hydrogens is 348 g/mol. The van der Waals surface area contributed by atoms with Crippen LogP contribution < -0.4 is 16.0 Å². The zero-order chi connectivity index (χ0) is 19.4. The van der Waals surface area contributed by atoms with Gasteiger partial charge in [0.1, 0.15) is 0 Å². The molecule has 2 heterocycles. The average molecular weight is 372 g/mol. The summed E-state index contributed by atoms with van der Waals surface area (Å²) in [6.45, 7) is 1.67. The van der Waals surface area contributed by atoms with Crippen LogP contribution >= 0.6 is 0 Å². The first kappa shape index (κ1) is 18.9. The van der Waals surface area contributed by atoms with Crippen molar-refractivity contribution >= 4 is 35.0 Å². The van der Waals surface area contributed by atoms with Crippen LogP contribution in [0.4, 0.5) is 11.4 Å². The Morgan fingerprint density at radius 3 is 2.19 bits per heavy atom. The normalized spacial score (nSPS) is 18.1. The van der Waals surface area contributed by atoms with Gasteiger partial charge in [0.05, 0.1) is 0 Å². The van der Waals surface area contributed by atoms with E-state index >= 15 is 0 Å². The van der Waals surface area contributed by atoms with Gasteiger partial charge in [-0.05, 0) is 37.1 Å². The number of primary amides is 1. The summed E-state index contributed by atoms with van der Waals surface area (Å²) < 4.78 is 0. The lowest BCUT2D eigenvalue weighted by atomic mass is 9.96. The Bertz CT molecular complexity index is 723. The molecule has 3 N–H and O–H groups in total. The third kappa shape index (κ3) is 4.64. The molecule has 0 aromatic heterocycles. The first-order valence-electron chi connectivity index (χ1n) is 9.21. The van der Waals surface area contributed by atoms with Gasteiger partial charge in [-0.3, -0.25) is 24.1 Å². The SMILES string of the molecule is NC(=O)C1CCN(c2ccc(NC(=O)CCN3C(=O)CCC3=O)cc2)CC1. The number of likely N-dealkylation sites (tertiary alicyclic amines) is 1. The van der Waals surface area contributed by atoms with E-state index in [0.717, 1.165) is 36.5 Å². The van der Waals surface area contributed by atoms with Crippen molar-refractivity contribution in [2.24, 2.45) is 11.7 Å². The fourth-order valence-electron chi connectivity index (χ4n) is 3.49. The van der Waals surface area contributed by atoms with Crippen molar-refractivity contribution in [3.05, 3.63) is 24.3 Å². The van der Waals surface area contributed by atoms with Crippen LogP contribution in [0.1, 0.15) is 32.1 Å². The minimum absolute atomic E-state index is 0.0471. The molecule has 0 aliphatic carbocycles. The van der Waals surface area contributed by atoms with Crippen LogP contribution in [0.3, 0.4) is 0 Å². The smallest absolute Gasteiger partial charge is 0.229 e. The maximum absolute atomic E-state index is 12.1. The van der Waals surface area contributed by atoms with Crippen LogP contribution in [0.25, 0.3) is 0 Å². The predicted molar refractivity (Wildman–Crippen MR) is 99.8 cm³/mol. The van der Waals surface area contributed by atoms with Gasteiger partial charge in [0.25, 0.3) is 0 Å². The summed E-state index contributed by atoms with van der Waals surface area (Å²) in [6, 6.07) is 7.49. The number of rotatable bonds is 6. The highest BCUT2D eigenvalue weighted by Gasteiger charge is 2.28. The van der Waals surface area contributed by atoms with Gasteiger partial charge in [-0.1, -0.05) is 0 Å². The number of amides is 4. The van der Waals surface area contributed by atoms with Crippen molar-refractivity contribution < 1.29 is 19.2 Å². The highest BCUT2D eigenvalue weighted by molar-refractivity contribution is 6.02. The van der Waals surface area contributed by atoms with Gasteiger partial charge in [0, 0.05) is 56.2 Å². The van der Waals surface area contributed by atoms with Gasteiger partial charge in [-0.2, -0.15) is 0 Å². The van der Waals surface area contributed by atoms with E-state index in [9.17, 15) is 19.2 Å². The van der Waals surface area contributed by atoms with Crippen LogP contribution in [0.5, 0.6) is 0 Å². The Balaban J connectivity index is 1.47. The first-order valence-corrected chi connectivity index (χ1v) is 9.21. The summed E-state index contributed by atoms with van der Waals surface area (Å²) in [7, 11) is 0. The maximum atomic E-state index is 12.1. The standard InChI is InChI=1S/C19H24N4O4/c20-19(27)13-7-10-22(11-8-13)15-3-1-14(2-4-15)21-16(24)9-12-23-17(25)5-6-18(23)26/h1-4,13H,5-12H2,(H2,20,27)(H,21,24). The van der Waals surface area contributed by atoms with E-state index in [1.807, 2.05) is 24.3 Å². The fraction of sp³-hybridized carbons (Fsp3) is 0.474. The van der Waals surface area contributed by atoms with Crippen molar-refractivity contribution in [1.82, 2.24) is 4.90 Å². The van der Waals surface area contributed by atoms with Gasteiger partial charge in [0.15, 0.2) is 0 Å². The molecular formula is C19H24N4O4. The molecule has 0 bridgehead atoms. The molecule has 2 fully saturated rings. The lowest BCUT2D eigenvalue weighted by Crippen LogP contribution is -2.38. The summed E-state index contributed by atoms with van der Waals surface area (Å²) in [6.07, 6.45) is 2.06. The Morgan fingerprint density at radius 1 is 1.04 bits per heavy atom. The maximum Gasteiger partial charge on any atom is 0.229 e. The quantitative estimate of drug-likeness (QED) is 0.720. The molecule has 3 rings (SSSR count). The summed E-state index contributed by atoms with van der Waals surface area (Å²) in [5.41, 5.74) is 7.05. The molecule has 0 spiro atoms. The molecule has 4 amide bonds. The number of nitrogens with zero attached hydrogens (tertiary/aromatic N) is 2. The van der Waals surface area contributed by atoms with E-state index in [2.05, 4.69) is 10.2 Å². The Labute approximate surface area is 157 Å². The number of benzene rings is 1. The number of imide groups is 1. The first-order chi connectivity index (χ1) is 12.9. The summed E-state index contributed by atoms with van der Waals surface area (Å²) in [5.74, 6) is -0.939. The van der Waals surface area contributed by atoms with E-state index < -0.39 is 0 Å². The van der Waals surface area contributed by atoms with Crippen LogP contribution in [0.2, 0.25) is 0 Å². The Hall–Kier alpha value is -2.90. The molecule has 2 aliphatic heterocycles. The van der Waals surface area contributed by atoms with Crippen molar-refractivity contribution in [3.63, 3.8) is 0 Å². The van der Waals surface area contributed by atoms with E-state index in [0.29, 0.717) is 5.69 Å². The van der Waals surface area contributed by atoms with Crippen LogP contribution in [-0.4, -0.2) is 48.2 Å². The number of hydrogen-bond acceptors (Lipinski definition) is 5. The Morgan fingerprint density at radius 2 is 1.63 bits per heavy atom. The molecule has 8 nitrogen and oxygen atoms in total. The Kier molecular flexibility index (Phi) is 5.73. The molecule has 1 aromatic carbocycles. The molecule has 0 unspecified atom stereocenters. The van der Waals surface area contributed by atoms with Gasteiger partial charge in [-0.15, -0.1) is 0 Å². The van der Waals surface area contributed by atoms with Gasteiger partial charge >= 0.3 is 0 Å². The molecule has 0 saturated carbocycles. The van der Waals surface area contributed by atoms with Crippen molar-refractivity contribution in [2.75, 3.05) is 29.9 Å². The fourth-order valence-corrected chi connectivity index (χ4v) is 3.49.